The smallest absolute Gasteiger partial charge is 0.405 e. The lowest BCUT2D eigenvalue weighted by molar-refractivity contribution is -0.275. The van der Waals surface area contributed by atoms with Crippen LogP contribution in [0, 0.1) is 0 Å². The number of carbonyl (C=O) groups excluding carboxylic acids is 2. The van der Waals surface area contributed by atoms with Crippen molar-refractivity contribution in [3.8, 4) is 5.75 Å². The molecule has 0 saturated heterocycles. The van der Waals surface area contributed by atoms with Gasteiger partial charge in [-0.15, -0.1) is 13.2 Å². The molecule has 0 saturated carbocycles. The maximum Gasteiger partial charge on any atom is 0.573 e. The molecule has 9 heteroatoms. The summed E-state index contributed by atoms with van der Waals surface area (Å²) in [6.45, 7) is 6.88. The summed E-state index contributed by atoms with van der Waals surface area (Å²) < 4.78 is 41.4. The van der Waals surface area contributed by atoms with Crippen LogP contribution in [-0.2, 0) is 11.3 Å². The maximum atomic E-state index is 12.5. The number of benzene rings is 1. The molecule has 0 spiro atoms. The summed E-state index contributed by atoms with van der Waals surface area (Å²) in [7, 11) is 1.57. The van der Waals surface area contributed by atoms with Gasteiger partial charge in [-0.1, -0.05) is 18.2 Å². The second kappa shape index (κ2) is 8.39. The van der Waals surface area contributed by atoms with Crippen molar-refractivity contribution >= 4 is 11.9 Å². The third kappa shape index (κ3) is 7.73. The molecule has 6 nitrogen and oxygen atoms in total. The minimum atomic E-state index is -4.80. The quantitative estimate of drug-likeness (QED) is 0.830. The zero-order valence-corrected chi connectivity index (χ0v) is 15.4. The number of imide groups is 1. The van der Waals surface area contributed by atoms with Crippen molar-refractivity contribution in [1.29, 1.82) is 0 Å². The number of para-hydroxylation sites is 1. The first-order chi connectivity index (χ1) is 11.8. The van der Waals surface area contributed by atoms with Gasteiger partial charge in [0.2, 0.25) is 5.91 Å². The van der Waals surface area contributed by atoms with Crippen LogP contribution >= 0.6 is 0 Å². The Hall–Kier alpha value is -2.29. The summed E-state index contributed by atoms with van der Waals surface area (Å²) in [5.41, 5.74) is -0.237. The van der Waals surface area contributed by atoms with Gasteiger partial charge >= 0.3 is 12.4 Å². The van der Waals surface area contributed by atoms with Gasteiger partial charge in [-0.25, -0.2) is 4.79 Å². The molecule has 0 aromatic heterocycles. The van der Waals surface area contributed by atoms with E-state index in [1.54, 1.807) is 40.8 Å². The van der Waals surface area contributed by atoms with Gasteiger partial charge in [0, 0.05) is 17.6 Å². The maximum absolute atomic E-state index is 12.5. The van der Waals surface area contributed by atoms with Gasteiger partial charge in [-0.05, 0) is 40.8 Å². The average molecular weight is 375 g/mol. The fourth-order valence-electron chi connectivity index (χ4n) is 2.05. The molecule has 1 aromatic carbocycles. The normalized spacial score (nSPS) is 13.3. The summed E-state index contributed by atoms with van der Waals surface area (Å²) in [6, 6.07) is 4.31. The summed E-state index contributed by atoms with van der Waals surface area (Å²) in [5.74, 6) is -0.895. The number of hydrogen-bond acceptors (Lipinski definition) is 4. The highest BCUT2D eigenvalue weighted by atomic mass is 19.4. The van der Waals surface area contributed by atoms with E-state index in [0.717, 1.165) is 0 Å². The van der Waals surface area contributed by atoms with Crippen LogP contribution in [-0.4, -0.2) is 41.8 Å². The molecule has 0 heterocycles. The number of amides is 3. The van der Waals surface area contributed by atoms with E-state index in [4.69, 9.17) is 0 Å². The number of rotatable bonds is 5. The highest BCUT2D eigenvalue weighted by molar-refractivity contribution is 5.97. The van der Waals surface area contributed by atoms with Crippen LogP contribution in [0.5, 0.6) is 5.75 Å². The van der Waals surface area contributed by atoms with E-state index in [0.29, 0.717) is 0 Å². The lowest BCUT2D eigenvalue weighted by atomic mass is 10.1. The topological polar surface area (TPSA) is 70.7 Å². The van der Waals surface area contributed by atoms with E-state index < -0.39 is 29.9 Å². The van der Waals surface area contributed by atoms with Crippen LogP contribution < -0.4 is 15.4 Å². The van der Waals surface area contributed by atoms with Crippen molar-refractivity contribution in [3.63, 3.8) is 0 Å². The molecule has 1 aromatic rings. The number of halogens is 3. The van der Waals surface area contributed by atoms with Crippen molar-refractivity contribution in [2.75, 3.05) is 7.05 Å². The standard InChI is InChI=1S/C17H24F3N3O3/c1-11(14(24)21-15(25)22-16(2,3)4)23(5)10-12-8-6-7-9-13(12)26-17(18,19)20/h6-9,11H,10H2,1-5H3,(H2,21,22,24,25). The number of nitrogens with one attached hydrogen (secondary N) is 2. The second-order valence-corrected chi connectivity index (χ2v) is 6.94. The van der Waals surface area contributed by atoms with E-state index >= 15 is 0 Å². The van der Waals surface area contributed by atoms with Gasteiger partial charge < -0.3 is 10.1 Å². The van der Waals surface area contributed by atoms with Crippen LogP contribution in [0.2, 0.25) is 0 Å². The number of nitrogens with zero attached hydrogens (tertiary/aromatic N) is 1. The Bertz CT molecular complexity index is 642. The first-order valence-corrected chi connectivity index (χ1v) is 7.95. The Morgan fingerprint density at radius 3 is 2.31 bits per heavy atom. The molecule has 3 amide bonds. The molecular weight excluding hydrogens is 351 g/mol. The molecule has 0 aliphatic heterocycles. The number of ether oxygens (including phenoxy) is 1. The van der Waals surface area contributed by atoms with Crippen molar-refractivity contribution in [2.45, 2.75) is 52.2 Å². The zero-order chi connectivity index (χ0) is 20.1. The van der Waals surface area contributed by atoms with Gasteiger partial charge in [-0.2, -0.15) is 0 Å². The predicted octanol–water partition coefficient (Wildman–Crippen LogP) is 3.03. The van der Waals surface area contributed by atoms with Crippen molar-refractivity contribution < 1.29 is 27.5 Å². The molecule has 2 N–H and O–H groups in total. The Morgan fingerprint density at radius 1 is 1.19 bits per heavy atom. The van der Waals surface area contributed by atoms with E-state index in [-0.39, 0.29) is 17.9 Å². The van der Waals surface area contributed by atoms with Gasteiger partial charge in [0.15, 0.2) is 0 Å². The van der Waals surface area contributed by atoms with E-state index in [2.05, 4.69) is 15.4 Å². The number of urea groups is 1. The van der Waals surface area contributed by atoms with Crippen molar-refractivity contribution in [3.05, 3.63) is 29.8 Å². The highest BCUT2D eigenvalue weighted by Crippen LogP contribution is 2.27. The van der Waals surface area contributed by atoms with Crippen LogP contribution in [0.25, 0.3) is 0 Å². The molecule has 1 rings (SSSR count). The SMILES string of the molecule is CC(C(=O)NC(=O)NC(C)(C)C)N(C)Cc1ccccc1OC(F)(F)F. The van der Waals surface area contributed by atoms with Crippen molar-refractivity contribution in [2.24, 2.45) is 0 Å². The zero-order valence-electron chi connectivity index (χ0n) is 15.4. The molecule has 0 radical (unpaired) electrons. The first-order valence-electron chi connectivity index (χ1n) is 7.95. The first kappa shape index (κ1) is 21.8. The summed E-state index contributed by atoms with van der Waals surface area (Å²) in [6.07, 6.45) is -4.80. The summed E-state index contributed by atoms with van der Waals surface area (Å²) in [4.78, 5) is 25.4. The minimum Gasteiger partial charge on any atom is -0.405 e. The lowest BCUT2D eigenvalue weighted by Gasteiger charge is -2.26. The molecule has 26 heavy (non-hydrogen) atoms. The average Bonchev–Trinajstić information content (AvgIpc) is 2.44. The molecule has 1 unspecified atom stereocenters. The van der Waals surface area contributed by atoms with Gasteiger partial charge in [0.1, 0.15) is 5.75 Å². The van der Waals surface area contributed by atoms with E-state index in [9.17, 15) is 22.8 Å². The molecule has 1 atom stereocenters. The van der Waals surface area contributed by atoms with E-state index in [1.165, 1.54) is 23.1 Å². The molecule has 146 valence electrons. The number of carbonyl (C=O) groups is 2. The number of hydrogen-bond donors (Lipinski definition) is 2. The van der Waals surface area contributed by atoms with Crippen LogP contribution in [0.3, 0.4) is 0 Å². The van der Waals surface area contributed by atoms with Gasteiger partial charge in [0.05, 0.1) is 6.04 Å². The Morgan fingerprint density at radius 2 is 1.77 bits per heavy atom. The molecule has 0 aliphatic carbocycles. The van der Waals surface area contributed by atoms with Gasteiger partial charge in [0.25, 0.3) is 0 Å². The molecule has 0 fully saturated rings. The molecule has 0 bridgehead atoms. The Balaban J connectivity index is 2.74. The van der Waals surface area contributed by atoms with E-state index in [1.807, 2.05) is 0 Å². The largest absolute Gasteiger partial charge is 0.573 e. The number of likely N-dealkylation sites (N-methyl/N-ethyl adjacent to an activating group) is 1. The fourth-order valence-corrected chi connectivity index (χ4v) is 2.05. The second-order valence-electron chi connectivity index (χ2n) is 6.94. The monoisotopic (exact) mass is 375 g/mol. The third-order valence-electron chi connectivity index (χ3n) is 3.38. The van der Waals surface area contributed by atoms with Crippen LogP contribution in [0.4, 0.5) is 18.0 Å². The third-order valence-corrected chi connectivity index (χ3v) is 3.38. The van der Waals surface area contributed by atoms with Gasteiger partial charge in [-0.3, -0.25) is 15.0 Å². The Labute approximate surface area is 150 Å². The minimum absolute atomic E-state index is 0.0295. The fraction of sp³-hybridized carbons (Fsp3) is 0.529. The van der Waals surface area contributed by atoms with Crippen LogP contribution in [0.15, 0.2) is 24.3 Å². The molecule has 0 aliphatic rings. The van der Waals surface area contributed by atoms with Crippen LogP contribution in [0.1, 0.15) is 33.3 Å². The molecular formula is C17H24F3N3O3. The number of alkyl halides is 3. The Kier molecular flexibility index (Phi) is 7.02. The predicted molar refractivity (Wildman–Crippen MR) is 90.5 cm³/mol. The summed E-state index contributed by atoms with van der Waals surface area (Å²) >= 11 is 0. The lowest BCUT2D eigenvalue weighted by Crippen LogP contribution is -2.52. The highest BCUT2D eigenvalue weighted by Gasteiger charge is 2.32. The van der Waals surface area contributed by atoms with Crippen molar-refractivity contribution in [1.82, 2.24) is 15.5 Å². The summed E-state index contributed by atoms with van der Waals surface area (Å²) in [5, 5.41) is 4.81.